The Morgan fingerprint density at radius 1 is 1.00 bits per heavy atom. The molecule has 1 aliphatic rings. The fraction of sp³-hybridized carbons (Fsp3) is 0.273. The van der Waals surface area contributed by atoms with Crippen LogP contribution in [0.5, 0.6) is 5.75 Å². The lowest BCUT2D eigenvalue weighted by Crippen LogP contribution is -2.19. The second-order valence-electron chi connectivity index (χ2n) is 10.00. The molecule has 192 valence electrons. The van der Waals surface area contributed by atoms with Crippen molar-refractivity contribution in [2.24, 2.45) is 0 Å². The molecule has 5 nitrogen and oxygen atoms in total. The van der Waals surface area contributed by atoms with E-state index in [1.54, 1.807) is 0 Å². The second-order valence-corrected chi connectivity index (χ2v) is 10.00. The second kappa shape index (κ2) is 10.7. The minimum Gasteiger partial charge on any atom is -0.487 e. The van der Waals surface area contributed by atoms with Gasteiger partial charge < -0.3 is 14.0 Å². The molecule has 0 radical (unpaired) electrons. The summed E-state index contributed by atoms with van der Waals surface area (Å²) in [5, 5.41) is 2.34. The molecular weight excluding hydrogens is 472 g/mol. The van der Waals surface area contributed by atoms with Crippen LogP contribution < -0.4 is 4.74 Å². The first kappa shape index (κ1) is 24.2. The number of ether oxygens (including phenoxy) is 2. The number of rotatable bonds is 8. The highest BCUT2D eigenvalue weighted by Gasteiger charge is 2.30. The van der Waals surface area contributed by atoms with E-state index >= 15 is 0 Å². The number of benzene rings is 3. The summed E-state index contributed by atoms with van der Waals surface area (Å²) in [5.41, 5.74) is 6.93. The highest BCUT2D eigenvalue weighted by atomic mass is 16.5. The van der Waals surface area contributed by atoms with Gasteiger partial charge in [0.05, 0.1) is 24.2 Å². The fourth-order valence-corrected chi connectivity index (χ4v) is 5.81. The number of para-hydroxylation sites is 1. The van der Waals surface area contributed by atoms with Crippen molar-refractivity contribution < 1.29 is 14.3 Å². The largest absolute Gasteiger partial charge is 0.487 e. The lowest BCUT2D eigenvalue weighted by Gasteiger charge is -2.25. The van der Waals surface area contributed by atoms with Crippen molar-refractivity contribution in [1.82, 2.24) is 9.55 Å². The summed E-state index contributed by atoms with van der Waals surface area (Å²) >= 11 is 0. The van der Waals surface area contributed by atoms with Crippen molar-refractivity contribution in [3.8, 4) is 5.75 Å². The van der Waals surface area contributed by atoms with Gasteiger partial charge in [0.25, 0.3) is 0 Å². The van der Waals surface area contributed by atoms with Crippen LogP contribution in [0.3, 0.4) is 0 Å². The van der Waals surface area contributed by atoms with E-state index in [0.29, 0.717) is 19.6 Å². The number of esters is 1. The maximum absolute atomic E-state index is 12.5. The van der Waals surface area contributed by atoms with E-state index < -0.39 is 0 Å². The Morgan fingerprint density at radius 3 is 2.71 bits per heavy atom. The number of hydrogen-bond donors (Lipinski definition) is 0. The standard InChI is InChI=1S/C33H32N2O3/c1-2-37-32(36)19-25-12-8-13-28-29-20-27(38-22-26-16-15-24-11-6-7-14-30(24)34-26)17-18-31(29)35(33(25)28)21-23-9-4-3-5-10-23/h3-7,9-11,14-18,20,25H,2,8,12-13,19,21-22H2,1H3. The highest BCUT2D eigenvalue weighted by Crippen LogP contribution is 2.42. The van der Waals surface area contributed by atoms with Gasteiger partial charge in [0.1, 0.15) is 12.4 Å². The number of aromatic nitrogens is 2. The van der Waals surface area contributed by atoms with Gasteiger partial charge in [0, 0.05) is 34.4 Å². The van der Waals surface area contributed by atoms with Gasteiger partial charge in [-0.3, -0.25) is 4.79 Å². The molecule has 1 unspecified atom stereocenters. The van der Waals surface area contributed by atoms with E-state index in [0.717, 1.165) is 48.2 Å². The van der Waals surface area contributed by atoms with E-state index in [9.17, 15) is 4.79 Å². The number of pyridine rings is 1. The molecule has 0 aliphatic heterocycles. The normalized spacial score (nSPS) is 14.9. The summed E-state index contributed by atoms with van der Waals surface area (Å²) in [6.07, 6.45) is 3.48. The summed E-state index contributed by atoms with van der Waals surface area (Å²) in [4.78, 5) is 17.3. The number of aryl methyl sites for hydroxylation is 1. The quantitative estimate of drug-likeness (QED) is 0.210. The lowest BCUT2D eigenvalue weighted by molar-refractivity contribution is -0.143. The molecule has 6 rings (SSSR count). The van der Waals surface area contributed by atoms with Crippen molar-refractivity contribution >= 4 is 27.8 Å². The molecule has 0 spiro atoms. The molecule has 5 heteroatoms. The molecule has 0 fully saturated rings. The van der Waals surface area contributed by atoms with Gasteiger partial charge in [-0.1, -0.05) is 54.6 Å². The highest BCUT2D eigenvalue weighted by molar-refractivity contribution is 5.88. The summed E-state index contributed by atoms with van der Waals surface area (Å²) in [6.45, 7) is 3.46. The minimum absolute atomic E-state index is 0.117. The van der Waals surface area contributed by atoms with Crippen LogP contribution in [0, 0.1) is 0 Å². The van der Waals surface area contributed by atoms with Crippen LogP contribution in [-0.2, 0) is 29.1 Å². The molecular formula is C33H32N2O3. The maximum Gasteiger partial charge on any atom is 0.306 e. The summed E-state index contributed by atoms with van der Waals surface area (Å²) in [5.74, 6) is 0.869. The SMILES string of the molecule is CCOC(=O)CC1CCCc2c1n(Cc1ccccc1)c1ccc(OCc3ccc4ccccc4n3)cc21. The van der Waals surface area contributed by atoms with Gasteiger partial charge in [-0.05, 0) is 67.6 Å². The Labute approximate surface area is 223 Å². The number of carbonyl (C=O) groups excluding carboxylic acids is 1. The van der Waals surface area contributed by atoms with Crippen molar-refractivity contribution in [2.45, 2.75) is 51.7 Å². The first-order valence-electron chi connectivity index (χ1n) is 13.5. The van der Waals surface area contributed by atoms with Gasteiger partial charge >= 0.3 is 5.97 Å². The molecule has 2 heterocycles. The van der Waals surface area contributed by atoms with Gasteiger partial charge in [-0.25, -0.2) is 4.98 Å². The number of hydrogen-bond acceptors (Lipinski definition) is 4. The van der Waals surface area contributed by atoms with Crippen LogP contribution in [0.25, 0.3) is 21.8 Å². The molecule has 0 saturated carbocycles. The van der Waals surface area contributed by atoms with E-state index in [1.807, 2.05) is 37.3 Å². The first-order chi connectivity index (χ1) is 18.7. The van der Waals surface area contributed by atoms with Crippen LogP contribution in [-0.4, -0.2) is 22.1 Å². The molecule has 5 aromatic rings. The molecule has 0 saturated heterocycles. The van der Waals surface area contributed by atoms with Crippen LogP contribution in [0.4, 0.5) is 0 Å². The average Bonchev–Trinajstić information content (AvgIpc) is 3.26. The third-order valence-corrected chi connectivity index (χ3v) is 7.49. The number of fused-ring (bicyclic) bond motifs is 4. The van der Waals surface area contributed by atoms with Gasteiger partial charge in [0.2, 0.25) is 0 Å². The third kappa shape index (κ3) is 4.89. The molecule has 2 aromatic heterocycles. The average molecular weight is 505 g/mol. The van der Waals surface area contributed by atoms with Crippen molar-refractivity contribution in [2.75, 3.05) is 6.61 Å². The first-order valence-corrected chi connectivity index (χ1v) is 13.5. The van der Waals surface area contributed by atoms with E-state index in [1.165, 1.54) is 27.7 Å². The fourth-order valence-electron chi connectivity index (χ4n) is 5.81. The monoisotopic (exact) mass is 504 g/mol. The maximum atomic E-state index is 12.5. The summed E-state index contributed by atoms with van der Waals surface area (Å²) in [6, 6.07) is 29.2. The van der Waals surface area contributed by atoms with Gasteiger partial charge in [-0.15, -0.1) is 0 Å². The van der Waals surface area contributed by atoms with E-state index in [4.69, 9.17) is 14.5 Å². The van der Waals surface area contributed by atoms with Crippen LogP contribution >= 0.6 is 0 Å². The molecule has 0 amide bonds. The topological polar surface area (TPSA) is 53.4 Å². The predicted octanol–water partition coefficient (Wildman–Crippen LogP) is 7.19. The van der Waals surface area contributed by atoms with Crippen LogP contribution in [0.15, 0.2) is 84.9 Å². The van der Waals surface area contributed by atoms with Crippen molar-refractivity contribution in [1.29, 1.82) is 0 Å². The predicted molar refractivity (Wildman–Crippen MR) is 150 cm³/mol. The zero-order chi connectivity index (χ0) is 25.9. The molecule has 3 aromatic carbocycles. The zero-order valence-corrected chi connectivity index (χ0v) is 21.7. The molecule has 0 N–H and O–H groups in total. The zero-order valence-electron chi connectivity index (χ0n) is 21.7. The molecule has 0 bridgehead atoms. The molecule has 1 atom stereocenters. The van der Waals surface area contributed by atoms with Gasteiger partial charge in [-0.2, -0.15) is 0 Å². The number of carbonyl (C=O) groups is 1. The van der Waals surface area contributed by atoms with E-state index in [-0.39, 0.29) is 11.9 Å². The Hall–Kier alpha value is -4.12. The third-order valence-electron chi connectivity index (χ3n) is 7.49. The lowest BCUT2D eigenvalue weighted by atomic mass is 9.84. The van der Waals surface area contributed by atoms with E-state index in [2.05, 4.69) is 59.2 Å². The van der Waals surface area contributed by atoms with Gasteiger partial charge in [0.15, 0.2) is 0 Å². The molecule has 1 aliphatic carbocycles. The van der Waals surface area contributed by atoms with Crippen molar-refractivity contribution in [3.05, 3.63) is 107 Å². The molecule has 38 heavy (non-hydrogen) atoms. The summed E-state index contributed by atoms with van der Waals surface area (Å²) < 4.78 is 14.0. The van der Waals surface area contributed by atoms with Crippen LogP contribution in [0.1, 0.15) is 54.6 Å². The minimum atomic E-state index is -0.117. The Morgan fingerprint density at radius 2 is 1.84 bits per heavy atom. The number of nitrogens with zero attached hydrogens (tertiary/aromatic N) is 2. The summed E-state index contributed by atoms with van der Waals surface area (Å²) in [7, 11) is 0. The Bertz CT molecular complexity index is 1590. The Balaban J connectivity index is 1.35. The van der Waals surface area contributed by atoms with Crippen LogP contribution in [0.2, 0.25) is 0 Å². The van der Waals surface area contributed by atoms with Crippen molar-refractivity contribution in [3.63, 3.8) is 0 Å². The smallest absolute Gasteiger partial charge is 0.306 e. The Kier molecular flexibility index (Phi) is 6.82.